The first-order chi connectivity index (χ1) is 16.1. The lowest BCUT2D eigenvalue weighted by Crippen LogP contribution is -2.13. The highest BCUT2D eigenvalue weighted by Crippen LogP contribution is 2.37. The van der Waals surface area contributed by atoms with E-state index in [-0.39, 0.29) is 4.90 Å². The minimum atomic E-state index is -3.73. The van der Waals surface area contributed by atoms with Crippen molar-refractivity contribution in [2.24, 2.45) is 0 Å². The average molecular weight is 453 g/mol. The highest BCUT2D eigenvalue weighted by molar-refractivity contribution is 7.90. The Bertz CT molecular complexity index is 1480. The van der Waals surface area contributed by atoms with Crippen LogP contribution in [-0.4, -0.2) is 17.0 Å². The lowest BCUT2D eigenvalue weighted by molar-refractivity contribution is 0.588. The molecule has 5 rings (SSSR count). The Morgan fingerprint density at radius 3 is 2.00 bits per heavy atom. The SMILES string of the molecule is Cc1cc(-c2cccn2S(=O)(=O)c2ccccc2)c(-c2ccccc2)n1Cc1ccccc1. The molecule has 0 aliphatic heterocycles. The number of benzene rings is 3. The van der Waals surface area contributed by atoms with E-state index >= 15 is 0 Å². The lowest BCUT2D eigenvalue weighted by atomic mass is 10.1. The van der Waals surface area contributed by atoms with E-state index in [9.17, 15) is 8.42 Å². The van der Waals surface area contributed by atoms with Crippen LogP contribution in [0.1, 0.15) is 11.3 Å². The lowest BCUT2D eigenvalue weighted by Gasteiger charge is -2.15. The van der Waals surface area contributed by atoms with Crippen molar-refractivity contribution in [2.75, 3.05) is 0 Å². The molecule has 0 amide bonds. The van der Waals surface area contributed by atoms with E-state index in [0.717, 1.165) is 22.5 Å². The third kappa shape index (κ3) is 3.92. The van der Waals surface area contributed by atoms with Crippen LogP contribution in [0.15, 0.2) is 120 Å². The second kappa shape index (κ2) is 8.60. The van der Waals surface area contributed by atoms with Crippen molar-refractivity contribution < 1.29 is 8.42 Å². The molecular weight excluding hydrogens is 428 g/mol. The molecule has 164 valence electrons. The van der Waals surface area contributed by atoms with Crippen LogP contribution in [0.25, 0.3) is 22.5 Å². The zero-order valence-electron chi connectivity index (χ0n) is 18.3. The van der Waals surface area contributed by atoms with Gasteiger partial charge in [-0.05, 0) is 48.4 Å². The summed E-state index contributed by atoms with van der Waals surface area (Å²) < 4.78 is 30.6. The maximum atomic E-state index is 13.5. The van der Waals surface area contributed by atoms with Crippen molar-refractivity contribution >= 4 is 10.0 Å². The summed E-state index contributed by atoms with van der Waals surface area (Å²) in [4.78, 5) is 0.268. The molecule has 0 aliphatic carbocycles. The Morgan fingerprint density at radius 1 is 0.727 bits per heavy atom. The molecule has 0 radical (unpaired) electrons. The van der Waals surface area contributed by atoms with Crippen molar-refractivity contribution in [1.29, 1.82) is 0 Å². The molecule has 3 aromatic carbocycles. The van der Waals surface area contributed by atoms with Crippen LogP contribution in [-0.2, 0) is 16.6 Å². The topological polar surface area (TPSA) is 44.0 Å². The Kier molecular flexibility index (Phi) is 5.48. The number of aromatic nitrogens is 2. The molecule has 2 heterocycles. The maximum absolute atomic E-state index is 13.5. The third-order valence-corrected chi connectivity index (χ3v) is 7.53. The van der Waals surface area contributed by atoms with Gasteiger partial charge in [-0.2, -0.15) is 0 Å². The van der Waals surface area contributed by atoms with Gasteiger partial charge in [0.2, 0.25) is 0 Å². The smallest absolute Gasteiger partial charge is 0.268 e. The average Bonchev–Trinajstić information content (AvgIpc) is 3.46. The van der Waals surface area contributed by atoms with Gasteiger partial charge < -0.3 is 4.57 Å². The molecule has 0 atom stereocenters. The molecule has 2 aromatic heterocycles. The van der Waals surface area contributed by atoms with Crippen molar-refractivity contribution in [3.8, 4) is 22.5 Å². The zero-order valence-corrected chi connectivity index (χ0v) is 19.1. The molecule has 0 bridgehead atoms. The minimum Gasteiger partial charge on any atom is -0.340 e. The van der Waals surface area contributed by atoms with Crippen LogP contribution in [0, 0.1) is 6.92 Å². The molecule has 33 heavy (non-hydrogen) atoms. The normalized spacial score (nSPS) is 11.5. The molecule has 0 spiro atoms. The van der Waals surface area contributed by atoms with Crippen molar-refractivity contribution in [3.63, 3.8) is 0 Å². The summed E-state index contributed by atoms with van der Waals surface area (Å²) in [5.74, 6) is 0. The summed E-state index contributed by atoms with van der Waals surface area (Å²) in [5.41, 5.74) is 5.83. The summed E-state index contributed by atoms with van der Waals surface area (Å²) in [6, 6.07) is 34.7. The monoisotopic (exact) mass is 452 g/mol. The molecule has 0 saturated carbocycles. The first kappa shape index (κ1) is 21.0. The van der Waals surface area contributed by atoms with Crippen LogP contribution in [0.3, 0.4) is 0 Å². The van der Waals surface area contributed by atoms with Gasteiger partial charge >= 0.3 is 0 Å². The summed E-state index contributed by atoms with van der Waals surface area (Å²) in [6.45, 7) is 2.76. The summed E-state index contributed by atoms with van der Waals surface area (Å²) in [5, 5.41) is 0. The standard InChI is InChI=1S/C28H24N2O2S/c1-22-20-26(27-18-11-19-30(27)33(31,32)25-16-9-4-10-17-25)28(24-14-7-3-8-15-24)29(22)21-23-12-5-2-6-13-23/h2-20H,21H2,1H3. The molecule has 5 aromatic rings. The van der Waals surface area contributed by atoms with Crippen molar-refractivity contribution in [2.45, 2.75) is 18.4 Å². The Hall–Kier alpha value is -3.83. The van der Waals surface area contributed by atoms with E-state index in [4.69, 9.17) is 0 Å². The van der Waals surface area contributed by atoms with Gasteiger partial charge in [-0.25, -0.2) is 12.4 Å². The fourth-order valence-corrected chi connectivity index (χ4v) is 5.62. The van der Waals surface area contributed by atoms with Crippen LogP contribution < -0.4 is 0 Å². The first-order valence-electron chi connectivity index (χ1n) is 10.8. The molecule has 0 aliphatic rings. The second-order valence-corrected chi connectivity index (χ2v) is 9.81. The van der Waals surface area contributed by atoms with E-state index in [0.29, 0.717) is 12.2 Å². The fraction of sp³-hybridized carbons (Fsp3) is 0.0714. The van der Waals surface area contributed by atoms with Gasteiger partial charge in [0.25, 0.3) is 10.0 Å². The quantitative estimate of drug-likeness (QED) is 0.307. The van der Waals surface area contributed by atoms with E-state index in [1.54, 1.807) is 36.5 Å². The number of rotatable bonds is 6. The van der Waals surface area contributed by atoms with Gasteiger partial charge in [-0.1, -0.05) is 78.9 Å². The highest BCUT2D eigenvalue weighted by atomic mass is 32.2. The fourth-order valence-electron chi connectivity index (χ4n) is 4.24. The van der Waals surface area contributed by atoms with Gasteiger partial charge in [-0.15, -0.1) is 0 Å². The number of hydrogen-bond acceptors (Lipinski definition) is 2. The van der Waals surface area contributed by atoms with Crippen LogP contribution in [0.2, 0.25) is 0 Å². The predicted molar refractivity (Wildman–Crippen MR) is 133 cm³/mol. The summed E-state index contributed by atoms with van der Waals surface area (Å²) in [6.07, 6.45) is 1.62. The molecule has 0 saturated heterocycles. The zero-order chi connectivity index (χ0) is 22.8. The third-order valence-electron chi connectivity index (χ3n) is 5.82. The number of aryl methyl sites for hydroxylation is 1. The van der Waals surface area contributed by atoms with Crippen molar-refractivity contribution in [1.82, 2.24) is 8.54 Å². The highest BCUT2D eigenvalue weighted by Gasteiger charge is 2.24. The molecule has 0 unspecified atom stereocenters. The Labute approximate surface area is 194 Å². The van der Waals surface area contributed by atoms with Crippen molar-refractivity contribution in [3.05, 3.63) is 127 Å². The number of nitrogens with zero attached hydrogens (tertiary/aromatic N) is 2. The Balaban J connectivity index is 1.71. The maximum Gasteiger partial charge on any atom is 0.268 e. The number of hydrogen-bond donors (Lipinski definition) is 0. The minimum absolute atomic E-state index is 0.268. The molecule has 0 N–H and O–H groups in total. The Morgan fingerprint density at radius 2 is 1.33 bits per heavy atom. The predicted octanol–water partition coefficient (Wildman–Crippen LogP) is 6.22. The van der Waals surface area contributed by atoms with E-state index < -0.39 is 10.0 Å². The molecular formula is C28H24N2O2S. The van der Waals surface area contributed by atoms with E-state index in [1.807, 2.05) is 48.5 Å². The first-order valence-corrected chi connectivity index (χ1v) is 12.3. The molecule has 4 nitrogen and oxygen atoms in total. The van der Waals surface area contributed by atoms with Crippen LogP contribution in [0.4, 0.5) is 0 Å². The van der Waals surface area contributed by atoms with Gasteiger partial charge in [0, 0.05) is 24.0 Å². The van der Waals surface area contributed by atoms with Gasteiger partial charge in [0.05, 0.1) is 16.3 Å². The van der Waals surface area contributed by atoms with E-state index in [2.05, 4.69) is 41.8 Å². The van der Waals surface area contributed by atoms with E-state index in [1.165, 1.54) is 9.54 Å². The summed E-state index contributed by atoms with van der Waals surface area (Å²) >= 11 is 0. The molecule has 5 heteroatoms. The van der Waals surface area contributed by atoms with Crippen LogP contribution >= 0.6 is 0 Å². The van der Waals surface area contributed by atoms with Gasteiger partial charge in [0.15, 0.2) is 0 Å². The van der Waals surface area contributed by atoms with Gasteiger partial charge in [-0.3, -0.25) is 0 Å². The largest absolute Gasteiger partial charge is 0.340 e. The van der Waals surface area contributed by atoms with Crippen LogP contribution in [0.5, 0.6) is 0 Å². The second-order valence-electron chi connectivity index (χ2n) is 7.99. The summed E-state index contributed by atoms with van der Waals surface area (Å²) in [7, 11) is -3.73. The van der Waals surface area contributed by atoms with Gasteiger partial charge in [0.1, 0.15) is 0 Å². The molecule has 0 fully saturated rings.